The molecule has 2 aromatic heterocycles. The van der Waals surface area contributed by atoms with Crippen molar-refractivity contribution in [2.24, 2.45) is 0 Å². The summed E-state index contributed by atoms with van der Waals surface area (Å²) in [5.74, 6) is -0.166. The second-order valence-electron chi connectivity index (χ2n) is 5.14. The van der Waals surface area contributed by atoms with Crippen LogP contribution in [0.1, 0.15) is 14.5 Å². The molecule has 0 radical (unpaired) electrons. The van der Waals surface area contributed by atoms with Crippen molar-refractivity contribution in [2.45, 2.75) is 10.8 Å². The summed E-state index contributed by atoms with van der Waals surface area (Å²) in [6.45, 7) is 0.287. The van der Waals surface area contributed by atoms with Crippen LogP contribution in [0.15, 0.2) is 58.1 Å². The first-order valence-corrected chi connectivity index (χ1v) is 10.6. The molecular weight excluding hydrogens is 376 g/mol. The number of benzene rings is 1. The number of thiophene rings is 2. The van der Waals surface area contributed by atoms with E-state index in [1.165, 1.54) is 18.4 Å². The Morgan fingerprint density at radius 1 is 1.08 bits per heavy atom. The smallest absolute Gasteiger partial charge is 0.262 e. The van der Waals surface area contributed by atoms with Gasteiger partial charge in [0.15, 0.2) is 0 Å². The van der Waals surface area contributed by atoms with Crippen LogP contribution in [0.2, 0.25) is 0 Å². The number of amides is 1. The van der Waals surface area contributed by atoms with Crippen LogP contribution in [0.25, 0.3) is 11.1 Å². The molecule has 0 atom stereocenters. The lowest BCUT2D eigenvalue weighted by Crippen LogP contribution is -2.21. The zero-order chi connectivity index (χ0) is 17.9. The van der Waals surface area contributed by atoms with Gasteiger partial charge in [-0.15, -0.1) is 22.7 Å². The molecule has 0 saturated carbocycles. The first kappa shape index (κ1) is 17.8. The van der Waals surface area contributed by atoms with E-state index in [9.17, 15) is 13.2 Å². The van der Waals surface area contributed by atoms with Gasteiger partial charge in [0.2, 0.25) is 10.0 Å². The second-order valence-corrected chi connectivity index (χ2v) is 9.34. The topological polar surface area (TPSA) is 75.3 Å². The predicted octanol–water partition coefficient (Wildman–Crippen LogP) is 3.31. The summed E-state index contributed by atoms with van der Waals surface area (Å²) < 4.78 is 26.0. The van der Waals surface area contributed by atoms with Crippen molar-refractivity contribution in [1.29, 1.82) is 0 Å². The highest BCUT2D eigenvalue weighted by Crippen LogP contribution is 2.28. The third-order valence-electron chi connectivity index (χ3n) is 3.55. The molecular formula is C17H16N2O3S3. The normalized spacial score (nSPS) is 11.4. The highest BCUT2D eigenvalue weighted by atomic mass is 32.2. The quantitative estimate of drug-likeness (QED) is 0.676. The lowest BCUT2D eigenvalue weighted by Gasteiger charge is -2.05. The summed E-state index contributed by atoms with van der Waals surface area (Å²) >= 11 is 2.53. The number of hydrogen-bond acceptors (Lipinski definition) is 5. The van der Waals surface area contributed by atoms with E-state index in [2.05, 4.69) is 10.0 Å². The monoisotopic (exact) mass is 392 g/mol. The predicted molar refractivity (Wildman–Crippen MR) is 101 cm³/mol. The molecule has 3 rings (SSSR count). The van der Waals surface area contributed by atoms with Gasteiger partial charge in [0, 0.05) is 10.4 Å². The molecule has 0 aliphatic heterocycles. The number of carbonyl (C=O) groups is 1. The molecule has 1 aromatic carbocycles. The van der Waals surface area contributed by atoms with Gasteiger partial charge < -0.3 is 5.32 Å². The molecule has 0 unspecified atom stereocenters. The minimum atomic E-state index is -3.44. The van der Waals surface area contributed by atoms with Gasteiger partial charge in [0.05, 0.1) is 11.4 Å². The molecule has 0 aliphatic rings. The van der Waals surface area contributed by atoms with Gasteiger partial charge in [-0.3, -0.25) is 4.79 Å². The standard InChI is InChI=1S/C17H16N2O3S3/c1-18-25(21,22)15-8-7-13(24-15)11-19-17(20)16-14(9-10-23-16)12-5-3-2-4-6-12/h2-10,18H,11H2,1H3,(H,19,20). The maximum Gasteiger partial charge on any atom is 0.262 e. The first-order valence-electron chi connectivity index (χ1n) is 7.44. The average molecular weight is 393 g/mol. The van der Waals surface area contributed by atoms with E-state index < -0.39 is 10.0 Å². The third-order valence-corrected chi connectivity index (χ3v) is 7.45. The van der Waals surface area contributed by atoms with Crippen LogP contribution in [-0.4, -0.2) is 21.4 Å². The third kappa shape index (κ3) is 3.98. The number of nitrogens with one attached hydrogen (secondary N) is 2. The molecule has 0 saturated heterocycles. The molecule has 8 heteroatoms. The Morgan fingerprint density at radius 3 is 2.56 bits per heavy atom. The highest BCUT2D eigenvalue weighted by Gasteiger charge is 2.17. The molecule has 130 valence electrons. The summed E-state index contributed by atoms with van der Waals surface area (Å²) in [6.07, 6.45) is 0. The van der Waals surface area contributed by atoms with Gasteiger partial charge >= 0.3 is 0 Å². The van der Waals surface area contributed by atoms with Crippen molar-refractivity contribution < 1.29 is 13.2 Å². The van der Waals surface area contributed by atoms with E-state index in [0.717, 1.165) is 27.3 Å². The Kier molecular flexibility index (Phi) is 5.33. The Balaban J connectivity index is 1.72. The van der Waals surface area contributed by atoms with E-state index >= 15 is 0 Å². The Labute approximate surface area is 154 Å². The van der Waals surface area contributed by atoms with Crippen molar-refractivity contribution in [3.05, 3.63) is 63.7 Å². The summed E-state index contributed by atoms with van der Waals surface area (Å²) in [4.78, 5) is 13.9. The van der Waals surface area contributed by atoms with Gasteiger partial charge in [-0.05, 0) is 36.2 Å². The number of sulfonamides is 1. The molecule has 0 fully saturated rings. The minimum Gasteiger partial charge on any atom is -0.346 e. The average Bonchev–Trinajstić information content (AvgIpc) is 3.30. The van der Waals surface area contributed by atoms with Crippen LogP contribution in [-0.2, 0) is 16.6 Å². The van der Waals surface area contributed by atoms with Crippen LogP contribution in [0.5, 0.6) is 0 Å². The van der Waals surface area contributed by atoms with Crippen molar-refractivity contribution in [2.75, 3.05) is 7.05 Å². The molecule has 0 aliphatic carbocycles. The van der Waals surface area contributed by atoms with Gasteiger partial charge in [0.25, 0.3) is 5.91 Å². The van der Waals surface area contributed by atoms with Crippen LogP contribution in [0, 0.1) is 0 Å². The SMILES string of the molecule is CNS(=O)(=O)c1ccc(CNC(=O)c2sccc2-c2ccccc2)s1. The molecule has 2 N–H and O–H groups in total. The van der Waals surface area contributed by atoms with Gasteiger partial charge in [-0.1, -0.05) is 30.3 Å². The van der Waals surface area contributed by atoms with Crippen molar-refractivity contribution in [1.82, 2.24) is 10.0 Å². The summed E-state index contributed by atoms with van der Waals surface area (Å²) in [5.41, 5.74) is 1.89. The lowest BCUT2D eigenvalue weighted by atomic mass is 10.1. The summed E-state index contributed by atoms with van der Waals surface area (Å²) in [6, 6.07) is 14.9. The molecule has 3 aromatic rings. The van der Waals surface area contributed by atoms with Crippen molar-refractivity contribution in [3.8, 4) is 11.1 Å². The first-order chi connectivity index (χ1) is 12.0. The largest absolute Gasteiger partial charge is 0.346 e. The van der Waals surface area contributed by atoms with E-state index in [4.69, 9.17) is 0 Å². The zero-order valence-electron chi connectivity index (χ0n) is 13.4. The Hall–Kier alpha value is -2.00. The fourth-order valence-electron chi connectivity index (χ4n) is 2.28. The highest BCUT2D eigenvalue weighted by molar-refractivity contribution is 7.91. The van der Waals surface area contributed by atoms with Gasteiger partial charge in [0.1, 0.15) is 4.21 Å². The second kappa shape index (κ2) is 7.49. The molecule has 5 nitrogen and oxygen atoms in total. The number of hydrogen-bond donors (Lipinski definition) is 2. The Bertz CT molecular complexity index is 976. The van der Waals surface area contributed by atoms with E-state index in [0.29, 0.717) is 4.88 Å². The van der Waals surface area contributed by atoms with Gasteiger partial charge in [-0.25, -0.2) is 13.1 Å². The van der Waals surface area contributed by atoms with E-state index in [-0.39, 0.29) is 16.7 Å². The fraction of sp³-hybridized carbons (Fsp3) is 0.118. The summed E-state index contributed by atoms with van der Waals surface area (Å²) in [5, 5.41) is 4.75. The lowest BCUT2D eigenvalue weighted by molar-refractivity contribution is 0.0956. The van der Waals surface area contributed by atoms with Crippen LogP contribution in [0.3, 0.4) is 0 Å². The maximum atomic E-state index is 12.5. The minimum absolute atomic E-state index is 0.166. The van der Waals surface area contributed by atoms with Crippen LogP contribution in [0.4, 0.5) is 0 Å². The van der Waals surface area contributed by atoms with Gasteiger partial charge in [-0.2, -0.15) is 0 Å². The fourth-order valence-corrected chi connectivity index (χ4v) is 5.24. The van der Waals surface area contributed by atoms with E-state index in [1.807, 2.05) is 41.8 Å². The maximum absolute atomic E-state index is 12.5. The van der Waals surface area contributed by atoms with Crippen LogP contribution < -0.4 is 10.0 Å². The number of carbonyl (C=O) groups excluding carboxylic acids is 1. The van der Waals surface area contributed by atoms with E-state index in [1.54, 1.807) is 12.1 Å². The molecule has 2 heterocycles. The molecule has 25 heavy (non-hydrogen) atoms. The summed E-state index contributed by atoms with van der Waals surface area (Å²) in [7, 11) is -2.07. The Morgan fingerprint density at radius 2 is 1.84 bits per heavy atom. The number of rotatable bonds is 6. The molecule has 1 amide bonds. The van der Waals surface area contributed by atoms with Crippen molar-refractivity contribution in [3.63, 3.8) is 0 Å². The zero-order valence-corrected chi connectivity index (χ0v) is 15.8. The van der Waals surface area contributed by atoms with Crippen LogP contribution >= 0.6 is 22.7 Å². The molecule has 0 bridgehead atoms. The van der Waals surface area contributed by atoms with Crippen molar-refractivity contribution >= 4 is 38.6 Å². The molecule has 0 spiro atoms.